The molecule has 0 spiro atoms. The van der Waals surface area contributed by atoms with Crippen molar-refractivity contribution in [2.24, 2.45) is 0 Å². The van der Waals surface area contributed by atoms with Crippen molar-refractivity contribution in [3.63, 3.8) is 0 Å². The topological polar surface area (TPSA) is 43.6 Å². The van der Waals surface area contributed by atoms with E-state index in [4.69, 9.17) is 4.98 Å². The van der Waals surface area contributed by atoms with Crippen molar-refractivity contribution < 1.29 is 0 Å². The van der Waals surface area contributed by atoms with Crippen LogP contribution in [0, 0.1) is 0 Å². The molecule has 0 bridgehead atoms. The molecule has 5 rings (SSSR count). The van der Waals surface area contributed by atoms with E-state index >= 15 is 0 Å². The van der Waals surface area contributed by atoms with Gasteiger partial charge in [-0.1, -0.05) is 12.1 Å². The van der Waals surface area contributed by atoms with Crippen molar-refractivity contribution in [3.05, 3.63) is 30.1 Å². The highest BCUT2D eigenvalue weighted by Crippen LogP contribution is 2.47. The summed E-state index contributed by atoms with van der Waals surface area (Å²) in [6.45, 7) is 0. The van der Waals surface area contributed by atoms with Crippen LogP contribution in [0.3, 0.4) is 0 Å². The van der Waals surface area contributed by atoms with Crippen LogP contribution in [0.15, 0.2) is 33.8 Å². The van der Waals surface area contributed by atoms with E-state index in [0.29, 0.717) is 12.0 Å². The zero-order valence-electron chi connectivity index (χ0n) is 11.4. The lowest BCUT2D eigenvalue weighted by molar-refractivity contribution is 0.627. The Hall–Kier alpha value is -1.40. The van der Waals surface area contributed by atoms with Crippen LogP contribution in [-0.2, 0) is 0 Å². The summed E-state index contributed by atoms with van der Waals surface area (Å²) in [6, 6.07) is 8.92. The van der Waals surface area contributed by atoms with Gasteiger partial charge in [0.2, 0.25) is 0 Å². The molecule has 2 aliphatic rings. The fourth-order valence-corrected chi connectivity index (χ4v) is 4.71. The number of para-hydroxylation sites is 1. The first-order valence-electron chi connectivity index (χ1n) is 7.37. The van der Waals surface area contributed by atoms with Crippen molar-refractivity contribution in [1.82, 2.24) is 19.7 Å². The van der Waals surface area contributed by atoms with Crippen molar-refractivity contribution >= 4 is 33.3 Å². The fourth-order valence-electron chi connectivity index (χ4n) is 2.63. The van der Waals surface area contributed by atoms with Crippen LogP contribution in [0.25, 0.3) is 10.2 Å². The normalized spacial score (nSPS) is 18.5. The molecule has 0 saturated heterocycles. The maximum Gasteiger partial charge on any atom is 0.198 e. The summed E-state index contributed by atoms with van der Waals surface area (Å²) in [5, 5.41) is 9.93. The molecule has 0 amide bonds. The average Bonchev–Trinajstić information content (AvgIpc) is 3.42. The van der Waals surface area contributed by atoms with Crippen LogP contribution in [-0.4, -0.2) is 19.7 Å². The summed E-state index contributed by atoms with van der Waals surface area (Å²) in [4.78, 5) is 4.70. The first kappa shape index (κ1) is 12.2. The molecule has 3 aromatic rings. The van der Waals surface area contributed by atoms with Gasteiger partial charge in [0.05, 0.1) is 10.2 Å². The van der Waals surface area contributed by atoms with Crippen LogP contribution in [0.4, 0.5) is 0 Å². The predicted octanol–water partition coefficient (Wildman–Crippen LogP) is 4.25. The van der Waals surface area contributed by atoms with Gasteiger partial charge >= 0.3 is 0 Å². The number of benzene rings is 1. The zero-order valence-corrected chi connectivity index (χ0v) is 13.0. The SMILES string of the molecule is c1ccc2sc(Sc3nnc(C4CC4)n3C3CC3)nc2c1. The Morgan fingerprint density at radius 3 is 2.71 bits per heavy atom. The van der Waals surface area contributed by atoms with Crippen molar-refractivity contribution in [1.29, 1.82) is 0 Å². The minimum Gasteiger partial charge on any atom is -0.302 e. The van der Waals surface area contributed by atoms with Crippen molar-refractivity contribution in [2.45, 2.75) is 47.1 Å². The van der Waals surface area contributed by atoms with Gasteiger partial charge in [0.1, 0.15) is 5.82 Å². The Labute approximate surface area is 130 Å². The molecule has 1 aromatic carbocycles. The van der Waals surface area contributed by atoms with Gasteiger partial charge in [-0.15, -0.1) is 21.5 Å². The van der Waals surface area contributed by atoms with Crippen LogP contribution in [0.1, 0.15) is 43.5 Å². The summed E-state index contributed by atoms with van der Waals surface area (Å²) in [7, 11) is 0. The van der Waals surface area contributed by atoms with E-state index in [9.17, 15) is 0 Å². The number of hydrogen-bond acceptors (Lipinski definition) is 5. The largest absolute Gasteiger partial charge is 0.302 e. The van der Waals surface area contributed by atoms with Gasteiger partial charge in [0, 0.05) is 12.0 Å². The molecule has 2 heterocycles. The van der Waals surface area contributed by atoms with E-state index in [1.807, 2.05) is 6.07 Å². The third kappa shape index (κ3) is 2.17. The van der Waals surface area contributed by atoms with Crippen LogP contribution >= 0.6 is 23.1 Å². The van der Waals surface area contributed by atoms with Gasteiger partial charge < -0.3 is 4.57 Å². The molecule has 2 aliphatic carbocycles. The average molecular weight is 314 g/mol. The Balaban J connectivity index is 1.52. The molecule has 2 fully saturated rings. The maximum atomic E-state index is 4.70. The van der Waals surface area contributed by atoms with Gasteiger partial charge in [0.25, 0.3) is 0 Å². The lowest BCUT2D eigenvalue weighted by Crippen LogP contribution is -2.01. The van der Waals surface area contributed by atoms with E-state index in [1.54, 1.807) is 23.1 Å². The molecule has 21 heavy (non-hydrogen) atoms. The summed E-state index contributed by atoms with van der Waals surface area (Å²) >= 11 is 3.41. The lowest BCUT2D eigenvalue weighted by Gasteiger charge is -2.06. The monoisotopic (exact) mass is 314 g/mol. The van der Waals surface area contributed by atoms with Gasteiger partial charge in [0.15, 0.2) is 9.50 Å². The van der Waals surface area contributed by atoms with E-state index in [-0.39, 0.29) is 0 Å². The second-order valence-electron chi connectivity index (χ2n) is 5.77. The molecular weight excluding hydrogens is 300 g/mol. The number of rotatable bonds is 4. The number of thiazole rings is 1. The summed E-state index contributed by atoms with van der Waals surface area (Å²) < 4.78 is 4.68. The number of aromatic nitrogens is 4. The van der Waals surface area contributed by atoms with Gasteiger partial charge in [-0.3, -0.25) is 0 Å². The molecule has 0 N–H and O–H groups in total. The summed E-state index contributed by atoms with van der Waals surface area (Å²) in [5.74, 6) is 1.86. The highest BCUT2D eigenvalue weighted by Gasteiger charge is 2.36. The molecule has 6 heteroatoms. The number of nitrogens with zero attached hydrogens (tertiary/aromatic N) is 4. The van der Waals surface area contributed by atoms with Crippen LogP contribution in [0.5, 0.6) is 0 Å². The van der Waals surface area contributed by atoms with Gasteiger partial charge in [-0.05, 0) is 49.6 Å². The molecule has 0 atom stereocenters. The smallest absolute Gasteiger partial charge is 0.198 e. The lowest BCUT2D eigenvalue weighted by atomic mass is 10.3. The van der Waals surface area contributed by atoms with Gasteiger partial charge in [-0.25, -0.2) is 4.98 Å². The first-order chi connectivity index (χ1) is 10.4. The highest BCUT2D eigenvalue weighted by molar-refractivity contribution is 8.01. The quantitative estimate of drug-likeness (QED) is 0.722. The predicted molar refractivity (Wildman–Crippen MR) is 84.0 cm³/mol. The Morgan fingerprint density at radius 1 is 1.10 bits per heavy atom. The molecule has 2 saturated carbocycles. The third-order valence-corrected chi connectivity index (χ3v) is 6.06. The number of fused-ring (bicyclic) bond motifs is 1. The molecule has 0 radical (unpaired) electrons. The van der Waals surface area contributed by atoms with E-state index in [1.165, 1.54) is 36.2 Å². The van der Waals surface area contributed by atoms with Crippen molar-refractivity contribution in [3.8, 4) is 0 Å². The Kier molecular flexibility index (Phi) is 2.64. The summed E-state index contributed by atoms with van der Waals surface area (Å²) in [5.41, 5.74) is 1.07. The Morgan fingerprint density at radius 2 is 1.95 bits per heavy atom. The second kappa shape index (κ2) is 4.55. The molecule has 4 nitrogen and oxygen atoms in total. The van der Waals surface area contributed by atoms with Crippen LogP contribution < -0.4 is 0 Å². The minimum absolute atomic E-state index is 0.632. The van der Waals surface area contributed by atoms with E-state index in [0.717, 1.165) is 15.0 Å². The number of hydrogen-bond donors (Lipinski definition) is 0. The third-order valence-electron chi connectivity index (χ3n) is 4.00. The van der Waals surface area contributed by atoms with E-state index < -0.39 is 0 Å². The molecule has 2 aromatic heterocycles. The maximum absolute atomic E-state index is 4.70. The highest BCUT2D eigenvalue weighted by atomic mass is 32.2. The standard InChI is InChI=1S/C15H14N4S2/c1-2-4-12-11(3-1)16-15(20-12)21-14-18-17-13(9-5-6-9)19(14)10-7-8-10/h1-4,9-10H,5-8H2. The van der Waals surface area contributed by atoms with Crippen LogP contribution in [0.2, 0.25) is 0 Å². The Bertz CT molecular complexity index is 781. The first-order valence-corrected chi connectivity index (χ1v) is 9.00. The minimum atomic E-state index is 0.632. The zero-order chi connectivity index (χ0) is 13.8. The van der Waals surface area contributed by atoms with Crippen molar-refractivity contribution in [2.75, 3.05) is 0 Å². The molecule has 0 unspecified atom stereocenters. The summed E-state index contributed by atoms with van der Waals surface area (Å²) in [6.07, 6.45) is 5.09. The molecular formula is C15H14N4S2. The molecule has 0 aliphatic heterocycles. The second-order valence-corrected chi connectivity index (χ2v) is 8.01. The van der Waals surface area contributed by atoms with E-state index in [2.05, 4.69) is 33.0 Å². The fraction of sp³-hybridized carbons (Fsp3) is 0.400. The van der Waals surface area contributed by atoms with Gasteiger partial charge in [-0.2, -0.15) is 0 Å². The molecule has 106 valence electrons.